The van der Waals surface area contributed by atoms with Crippen LogP contribution in [0.4, 0.5) is 0 Å². The van der Waals surface area contributed by atoms with Gasteiger partial charge in [-0.2, -0.15) is 0 Å². The average molecular weight is 175 g/mol. The van der Waals surface area contributed by atoms with Crippen molar-refractivity contribution in [3.63, 3.8) is 0 Å². The molecule has 1 aromatic rings. The standard InChI is InChI=1S/C11H13NO/c1-5-8(2)10-6-9(3)11(13-4)12-7-10/h1,6-8H,2-4H3. The van der Waals surface area contributed by atoms with Gasteiger partial charge in [0.25, 0.3) is 0 Å². The van der Waals surface area contributed by atoms with E-state index in [9.17, 15) is 0 Å². The van der Waals surface area contributed by atoms with Crippen molar-refractivity contribution in [3.05, 3.63) is 23.4 Å². The SMILES string of the molecule is C#CC(C)c1cnc(OC)c(C)c1. The molecule has 1 aromatic heterocycles. The minimum Gasteiger partial charge on any atom is -0.481 e. The number of ether oxygens (including phenoxy) is 1. The smallest absolute Gasteiger partial charge is 0.215 e. The lowest BCUT2D eigenvalue weighted by molar-refractivity contribution is 0.394. The quantitative estimate of drug-likeness (QED) is 0.642. The van der Waals surface area contributed by atoms with Crippen molar-refractivity contribution in [2.45, 2.75) is 19.8 Å². The maximum Gasteiger partial charge on any atom is 0.215 e. The van der Waals surface area contributed by atoms with Gasteiger partial charge in [-0.3, -0.25) is 0 Å². The average Bonchev–Trinajstić information content (AvgIpc) is 2.16. The molecule has 0 bridgehead atoms. The van der Waals surface area contributed by atoms with Crippen molar-refractivity contribution in [2.75, 3.05) is 7.11 Å². The largest absolute Gasteiger partial charge is 0.481 e. The highest BCUT2D eigenvalue weighted by Crippen LogP contribution is 2.19. The number of rotatable bonds is 2. The van der Waals surface area contributed by atoms with Crippen molar-refractivity contribution in [1.29, 1.82) is 0 Å². The molecule has 0 aliphatic rings. The number of pyridine rings is 1. The highest BCUT2D eigenvalue weighted by Gasteiger charge is 2.05. The maximum absolute atomic E-state index is 5.32. The number of methoxy groups -OCH3 is 1. The van der Waals surface area contributed by atoms with Crippen LogP contribution in [0.3, 0.4) is 0 Å². The van der Waals surface area contributed by atoms with Crippen LogP contribution in [-0.2, 0) is 0 Å². The fraction of sp³-hybridized carbons (Fsp3) is 0.364. The molecule has 2 heteroatoms. The molecule has 0 fully saturated rings. The summed E-state index contributed by atoms with van der Waals surface area (Å²) in [5, 5.41) is 0. The molecular weight excluding hydrogens is 162 g/mol. The van der Waals surface area contributed by atoms with Gasteiger partial charge in [0, 0.05) is 17.7 Å². The molecule has 68 valence electrons. The van der Waals surface area contributed by atoms with E-state index in [0.717, 1.165) is 11.1 Å². The summed E-state index contributed by atoms with van der Waals surface area (Å²) in [6.07, 6.45) is 7.08. The van der Waals surface area contributed by atoms with Gasteiger partial charge in [-0.15, -0.1) is 6.42 Å². The number of nitrogens with zero attached hydrogens (tertiary/aromatic N) is 1. The Morgan fingerprint density at radius 2 is 2.31 bits per heavy atom. The fourth-order valence-electron chi connectivity index (χ4n) is 1.13. The summed E-state index contributed by atoms with van der Waals surface area (Å²) < 4.78 is 5.05. The molecule has 0 saturated carbocycles. The van der Waals surface area contributed by atoms with Crippen LogP contribution in [0, 0.1) is 19.3 Å². The number of hydrogen-bond donors (Lipinski definition) is 0. The van der Waals surface area contributed by atoms with Gasteiger partial charge in [-0.1, -0.05) is 5.92 Å². The van der Waals surface area contributed by atoms with Crippen molar-refractivity contribution < 1.29 is 4.74 Å². The maximum atomic E-state index is 5.32. The lowest BCUT2D eigenvalue weighted by atomic mass is 10.0. The van der Waals surface area contributed by atoms with Gasteiger partial charge in [-0.25, -0.2) is 4.98 Å². The molecule has 1 atom stereocenters. The van der Waals surface area contributed by atoms with Gasteiger partial charge in [-0.05, 0) is 25.5 Å². The van der Waals surface area contributed by atoms with Crippen LogP contribution in [-0.4, -0.2) is 12.1 Å². The summed E-state index contributed by atoms with van der Waals surface area (Å²) in [7, 11) is 1.61. The lowest BCUT2D eigenvalue weighted by Gasteiger charge is -2.07. The monoisotopic (exact) mass is 175 g/mol. The first-order valence-corrected chi connectivity index (χ1v) is 4.15. The van der Waals surface area contributed by atoms with E-state index >= 15 is 0 Å². The summed E-state index contributed by atoms with van der Waals surface area (Å²) in [6, 6.07) is 2.01. The number of hydrogen-bond acceptors (Lipinski definition) is 2. The molecule has 0 aromatic carbocycles. The van der Waals surface area contributed by atoms with Crippen LogP contribution in [0.2, 0.25) is 0 Å². The van der Waals surface area contributed by atoms with Gasteiger partial charge >= 0.3 is 0 Å². The number of aromatic nitrogens is 1. The van der Waals surface area contributed by atoms with Crippen molar-refractivity contribution in [3.8, 4) is 18.2 Å². The first kappa shape index (κ1) is 9.60. The zero-order valence-corrected chi connectivity index (χ0v) is 8.16. The first-order chi connectivity index (χ1) is 6.19. The van der Waals surface area contributed by atoms with E-state index in [1.807, 2.05) is 19.9 Å². The molecule has 0 aliphatic carbocycles. The zero-order chi connectivity index (χ0) is 9.84. The molecule has 0 radical (unpaired) electrons. The predicted molar refractivity (Wildman–Crippen MR) is 52.8 cm³/mol. The molecule has 1 rings (SSSR count). The Morgan fingerprint density at radius 3 is 2.77 bits per heavy atom. The third kappa shape index (κ3) is 2.00. The van der Waals surface area contributed by atoms with Crippen LogP contribution in [0.15, 0.2) is 12.3 Å². The summed E-state index contributed by atoms with van der Waals surface area (Å²) in [6.45, 7) is 3.93. The minimum absolute atomic E-state index is 0.108. The van der Waals surface area contributed by atoms with Crippen LogP contribution in [0.5, 0.6) is 5.88 Å². The molecule has 1 unspecified atom stereocenters. The second-order valence-electron chi connectivity index (χ2n) is 2.98. The Morgan fingerprint density at radius 1 is 1.62 bits per heavy atom. The van der Waals surface area contributed by atoms with E-state index in [0.29, 0.717) is 5.88 Å². The molecule has 0 saturated heterocycles. The van der Waals surface area contributed by atoms with Crippen molar-refractivity contribution >= 4 is 0 Å². The van der Waals surface area contributed by atoms with Crippen molar-refractivity contribution in [2.24, 2.45) is 0 Å². The lowest BCUT2D eigenvalue weighted by Crippen LogP contribution is -1.96. The number of aryl methyl sites for hydroxylation is 1. The van der Waals surface area contributed by atoms with Gasteiger partial charge in [0.05, 0.1) is 7.11 Å². The highest BCUT2D eigenvalue weighted by molar-refractivity contribution is 5.32. The molecule has 0 aliphatic heterocycles. The van der Waals surface area contributed by atoms with E-state index in [1.165, 1.54) is 0 Å². The van der Waals surface area contributed by atoms with Gasteiger partial charge in [0.2, 0.25) is 5.88 Å². The summed E-state index contributed by atoms with van der Waals surface area (Å²) in [5.74, 6) is 3.43. The molecule has 13 heavy (non-hydrogen) atoms. The third-order valence-corrected chi connectivity index (χ3v) is 1.99. The molecule has 1 heterocycles. The van der Waals surface area contributed by atoms with Crippen LogP contribution in [0.25, 0.3) is 0 Å². The second kappa shape index (κ2) is 3.95. The molecule has 0 spiro atoms. The van der Waals surface area contributed by atoms with E-state index in [-0.39, 0.29) is 5.92 Å². The minimum atomic E-state index is 0.108. The number of terminal acetylenes is 1. The van der Waals surface area contributed by atoms with Crippen LogP contribution < -0.4 is 4.74 Å². The molecule has 0 N–H and O–H groups in total. The predicted octanol–water partition coefficient (Wildman–Crippen LogP) is 2.14. The van der Waals surface area contributed by atoms with Gasteiger partial charge in [0.1, 0.15) is 0 Å². The topological polar surface area (TPSA) is 22.1 Å². The fourth-order valence-corrected chi connectivity index (χ4v) is 1.13. The van der Waals surface area contributed by atoms with E-state index in [2.05, 4.69) is 10.9 Å². The first-order valence-electron chi connectivity index (χ1n) is 4.15. The summed E-state index contributed by atoms with van der Waals surface area (Å²) in [4.78, 5) is 4.15. The molecule has 0 amide bonds. The van der Waals surface area contributed by atoms with Gasteiger partial charge in [0.15, 0.2) is 0 Å². The van der Waals surface area contributed by atoms with E-state index in [1.54, 1.807) is 13.3 Å². The van der Waals surface area contributed by atoms with Crippen LogP contribution >= 0.6 is 0 Å². The Kier molecular flexibility index (Phi) is 2.92. The zero-order valence-electron chi connectivity index (χ0n) is 8.16. The van der Waals surface area contributed by atoms with E-state index in [4.69, 9.17) is 11.2 Å². The van der Waals surface area contributed by atoms with Crippen LogP contribution in [0.1, 0.15) is 24.0 Å². The second-order valence-corrected chi connectivity index (χ2v) is 2.98. The third-order valence-electron chi connectivity index (χ3n) is 1.99. The highest BCUT2D eigenvalue weighted by atomic mass is 16.5. The summed E-state index contributed by atoms with van der Waals surface area (Å²) >= 11 is 0. The van der Waals surface area contributed by atoms with Gasteiger partial charge < -0.3 is 4.74 Å². The Hall–Kier alpha value is -1.49. The Bertz CT molecular complexity index is 338. The Balaban J connectivity index is 3.04. The summed E-state index contributed by atoms with van der Waals surface area (Å²) in [5.41, 5.74) is 2.07. The van der Waals surface area contributed by atoms with Crippen molar-refractivity contribution in [1.82, 2.24) is 4.98 Å². The molecule has 2 nitrogen and oxygen atoms in total. The molecular formula is C11H13NO. The van der Waals surface area contributed by atoms with E-state index < -0.39 is 0 Å². The Labute approximate surface area is 79.0 Å². The normalized spacial score (nSPS) is 11.8.